The van der Waals surface area contributed by atoms with Crippen molar-refractivity contribution in [2.24, 2.45) is 4.36 Å². The number of rotatable bonds is 6. The Morgan fingerprint density at radius 3 is 2.54 bits per heavy atom. The van der Waals surface area contributed by atoms with Crippen molar-refractivity contribution in [3.05, 3.63) is 46.7 Å². The molecule has 0 saturated carbocycles. The van der Waals surface area contributed by atoms with Crippen LogP contribution >= 0.6 is 15.9 Å². The molecule has 1 unspecified atom stereocenters. The SMILES string of the molecule is CC(=O)c1nn(CC(=O)N2C[C@H](F)C[C@H]2C(=O)Nc2cccc(Br)n2)c2cc(S(C)(=O)=NC(=O)C(F)(F)F)ccc12. The smallest absolute Gasteiger partial charge is 0.326 e. The zero-order chi connectivity index (χ0) is 30.3. The Kier molecular flexibility index (Phi) is 8.31. The van der Waals surface area contributed by atoms with Gasteiger partial charge in [0, 0.05) is 29.9 Å². The minimum Gasteiger partial charge on any atom is -0.326 e. The molecule has 0 aliphatic carbocycles. The first kappa shape index (κ1) is 30.2. The number of benzene rings is 1. The predicted molar refractivity (Wildman–Crippen MR) is 141 cm³/mol. The molecule has 1 aliphatic rings. The summed E-state index contributed by atoms with van der Waals surface area (Å²) in [5.74, 6) is -4.29. The lowest BCUT2D eigenvalue weighted by Crippen LogP contribution is -2.44. The van der Waals surface area contributed by atoms with E-state index in [1.54, 1.807) is 12.1 Å². The minimum atomic E-state index is -5.33. The number of halogens is 5. The number of alkyl halides is 4. The van der Waals surface area contributed by atoms with Crippen molar-refractivity contribution in [1.82, 2.24) is 19.7 Å². The number of carbonyl (C=O) groups is 4. The van der Waals surface area contributed by atoms with Crippen LogP contribution in [0.15, 0.2) is 50.3 Å². The summed E-state index contributed by atoms with van der Waals surface area (Å²) in [4.78, 5) is 54.6. The van der Waals surface area contributed by atoms with Crippen LogP contribution < -0.4 is 5.32 Å². The van der Waals surface area contributed by atoms with Crippen LogP contribution in [0.3, 0.4) is 0 Å². The molecule has 3 amide bonds. The van der Waals surface area contributed by atoms with Gasteiger partial charge in [-0.1, -0.05) is 6.07 Å². The molecule has 4 rings (SSSR count). The fourth-order valence-electron chi connectivity index (χ4n) is 4.25. The van der Waals surface area contributed by atoms with E-state index in [0.717, 1.165) is 28.0 Å². The Bertz CT molecular complexity index is 1700. The van der Waals surface area contributed by atoms with Crippen LogP contribution in [0.25, 0.3) is 10.9 Å². The van der Waals surface area contributed by atoms with Gasteiger partial charge in [0.05, 0.1) is 21.8 Å². The van der Waals surface area contributed by atoms with E-state index in [2.05, 4.69) is 35.7 Å². The Morgan fingerprint density at radius 1 is 1.20 bits per heavy atom. The molecule has 1 aromatic carbocycles. The van der Waals surface area contributed by atoms with E-state index in [4.69, 9.17) is 0 Å². The number of amides is 3. The van der Waals surface area contributed by atoms with Crippen LogP contribution in [0.4, 0.5) is 23.4 Å². The Morgan fingerprint density at radius 2 is 1.90 bits per heavy atom. The van der Waals surface area contributed by atoms with Crippen LogP contribution in [0, 0.1) is 0 Å². The molecular formula is C24H21BrF4N6O5S. The van der Waals surface area contributed by atoms with Crippen molar-refractivity contribution >= 4 is 65.9 Å². The lowest BCUT2D eigenvalue weighted by molar-refractivity contribution is -0.169. The number of nitrogens with one attached hydrogen (secondary N) is 1. The highest BCUT2D eigenvalue weighted by molar-refractivity contribution is 9.10. The summed E-state index contributed by atoms with van der Waals surface area (Å²) in [7, 11) is -3.89. The monoisotopic (exact) mass is 660 g/mol. The summed E-state index contributed by atoms with van der Waals surface area (Å²) in [5.41, 5.74) is -0.0642. The van der Waals surface area contributed by atoms with Gasteiger partial charge in [0.2, 0.25) is 11.8 Å². The zero-order valence-electron chi connectivity index (χ0n) is 21.3. The zero-order valence-corrected chi connectivity index (χ0v) is 23.7. The molecule has 1 saturated heterocycles. The van der Waals surface area contributed by atoms with E-state index in [-0.39, 0.29) is 33.7 Å². The van der Waals surface area contributed by atoms with E-state index in [9.17, 15) is 40.9 Å². The van der Waals surface area contributed by atoms with Crippen LogP contribution in [0.2, 0.25) is 0 Å². The summed E-state index contributed by atoms with van der Waals surface area (Å²) in [5, 5.41) is 6.85. The number of nitrogens with zero attached hydrogens (tertiary/aromatic N) is 5. The largest absolute Gasteiger partial charge is 0.474 e. The van der Waals surface area contributed by atoms with Crippen molar-refractivity contribution in [2.45, 2.75) is 43.2 Å². The maximum absolute atomic E-state index is 14.4. The van der Waals surface area contributed by atoms with E-state index in [0.29, 0.717) is 4.60 Å². The number of anilines is 1. The number of hydrogen-bond donors (Lipinski definition) is 1. The van der Waals surface area contributed by atoms with Crippen molar-refractivity contribution in [1.29, 1.82) is 0 Å². The highest BCUT2D eigenvalue weighted by atomic mass is 79.9. The quantitative estimate of drug-likeness (QED) is 0.242. The number of Topliss-reactive ketones (excluding diaryl/α,β-unsaturated/α-hetero) is 1. The molecule has 1 aliphatic heterocycles. The van der Waals surface area contributed by atoms with Gasteiger partial charge < -0.3 is 10.2 Å². The molecule has 1 fully saturated rings. The van der Waals surface area contributed by atoms with Crippen LogP contribution in [-0.4, -0.2) is 78.6 Å². The fraction of sp³-hybridized carbons (Fsp3) is 0.333. The van der Waals surface area contributed by atoms with Gasteiger partial charge in [-0.15, -0.1) is 4.36 Å². The van der Waals surface area contributed by atoms with Gasteiger partial charge in [0.1, 0.15) is 34.9 Å². The van der Waals surface area contributed by atoms with Crippen molar-refractivity contribution in [2.75, 3.05) is 18.1 Å². The van der Waals surface area contributed by atoms with Gasteiger partial charge in [-0.05, 0) is 46.3 Å². The molecule has 1 N–H and O–H groups in total. The molecule has 0 radical (unpaired) electrons. The van der Waals surface area contributed by atoms with E-state index in [1.807, 2.05) is 0 Å². The van der Waals surface area contributed by atoms with E-state index in [1.165, 1.54) is 19.1 Å². The Hall–Kier alpha value is -3.73. The number of carbonyl (C=O) groups excluding carboxylic acids is 4. The highest BCUT2D eigenvalue weighted by Gasteiger charge is 2.41. The van der Waals surface area contributed by atoms with Crippen molar-refractivity contribution in [3.8, 4) is 0 Å². The molecule has 17 heteroatoms. The van der Waals surface area contributed by atoms with Crippen molar-refractivity contribution in [3.63, 3.8) is 0 Å². The Balaban J connectivity index is 1.67. The normalized spacial score (nSPS) is 18.7. The second kappa shape index (κ2) is 11.3. The molecule has 0 spiro atoms. The first-order valence-electron chi connectivity index (χ1n) is 11.8. The number of ketones is 1. The van der Waals surface area contributed by atoms with Gasteiger partial charge in [0.25, 0.3) is 0 Å². The maximum Gasteiger partial charge on any atom is 0.474 e. The predicted octanol–water partition coefficient (Wildman–Crippen LogP) is 3.52. The third-order valence-corrected chi connectivity index (χ3v) is 8.20. The minimum absolute atomic E-state index is 0.0283. The van der Waals surface area contributed by atoms with Gasteiger partial charge >= 0.3 is 12.1 Å². The van der Waals surface area contributed by atoms with Gasteiger partial charge in [0.15, 0.2) is 5.78 Å². The van der Waals surface area contributed by atoms with Gasteiger partial charge in [-0.25, -0.2) is 13.6 Å². The molecular weight excluding hydrogens is 640 g/mol. The third-order valence-electron chi connectivity index (χ3n) is 6.12. The van der Waals surface area contributed by atoms with Gasteiger partial charge in [-0.3, -0.25) is 23.9 Å². The molecule has 0 bridgehead atoms. The average molecular weight is 661 g/mol. The first-order valence-corrected chi connectivity index (χ1v) is 14.5. The number of likely N-dealkylation sites (tertiary alicyclic amines) is 1. The second-order valence-corrected chi connectivity index (χ2v) is 12.2. The van der Waals surface area contributed by atoms with Crippen LogP contribution in [0.1, 0.15) is 23.8 Å². The number of aromatic nitrogens is 3. The molecule has 41 heavy (non-hydrogen) atoms. The highest BCUT2D eigenvalue weighted by Crippen LogP contribution is 2.27. The van der Waals surface area contributed by atoms with Crippen LogP contribution in [0.5, 0.6) is 0 Å². The first-order chi connectivity index (χ1) is 19.1. The molecule has 3 aromatic rings. The summed E-state index contributed by atoms with van der Waals surface area (Å²) in [6.45, 7) is 0.211. The lowest BCUT2D eigenvalue weighted by atomic mass is 10.1. The number of pyridine rings is 1. The lowest BCUT2D eigenvalue weighted by Gasteiger charge is -2.23. The summed E-state index contributed by atoms with van der Waals surface area (Å²) >= 11 is 3.18. The van der Waals surface area contributed by atoms with Crippen LogP contribution in [-0.2, 0) is 30.7 Å². The second-order valence-electron chi connectivity index (χ2n) is 9.17. The molecule has 2 aromatic heterocycles. The topological polar surface area (TPSA) is 144 Å². The standard InChI is InChI=1S/C24H21BrF4N6O5S/c1-12(36)21-15-7-6-14(41(2,40)33-23(39)24(27,28)29)9-16(15)35(32-21)11-20(37)34-10-13(26)8-17(34)22(38)31-19-5-3-4-18(25)30-19/h3-7,9,13,17H,8,10-11H2,1-2H3,(H,30,31,38)/t13-,17+,41?/m1/s1. The number of hydrogen-bond acceptors (Lipinski definition) is 7. The molecule has 3 atom stereocenters. The summed E-state index contributed by atoms with van der Waals surface area (Å²) < 4.78 is 69.8. The van der Waals surface area contributed by atoms with Crippen molar-refractivity contribution < 1.29 is 40.9 Å². The van der Waals surface area contributed by atoms with Gasteiger partial charge in [-0.2, -0.15) is 18.3 Å². The Labute approximate surface area is 238 Å². The number of fused-ring (bicyclic) bond motifs is 1. The molecule has 3 heterocycles. The fourth-order valence-corrected chi connectivity index (χ4v) is 5.77. The molecule has 218 valence electrons. The van der Waals surface area contributed by atoms with E-state index >= 15 is 0 Å². The summed E-state index contributed by atoms with van der Waals surface area (Å²) in [6, 6.07) is 7.09. The maximum atomic E-state index is 14.4. The summed E-state index contributed by atoms with van der Waals surface area (Å²) in [6.07, 6.45) is -6.28. The third kappa shape index (κ3) is 6.61. The van der Waals surface area contributed by atoms with E-state index < -0.39 is 64.7 Å². The average Bonchev–Trinajstić information content (AvgIpc) is 3.44. The molecule has 11 nitrogen and oxygen atoms in total.